The second-order valence-electron chi connectivity index (χ2n) is 19.9. The van der Waals surface area contributed by atoms with Gasteiger partial charge in [0, 0.05) is 47.3 Å². The summed E-state index contributed by atoms with van der Waals surface area (Å²) in [6, 6.07) is 5.40. The highest BCUT2D eigenvalue weighted by molar-refractivity contribution is 7.17. The molecule has 18 heteroatoms. The Morgan fingerprint density at radius 3 is 1.85 bits per heavy atom. The van der Waals surface area contributed by atoms with E-state index in [0.717, 1.165) is 38.6 Å². The van der Waals surface area contributed by atoms with Crippen molar-refractivity contribution >= 4 is 69.8 Å². The Kier molecular flexibility index (Phi) is 12.3. The lowest BCUT2D eigenvalue weighted by atomic mass is 9.73. The number of nitriles is 1. The molecule has 1 atom stereocenters. The number of carbonyl (C=O) groups excluding carboxylic acids is 4. The number of nitrogens with zero attached hydrogens (tertiary/aromatic N) is 8. The van der Waals surface area contributed by atoms with Crippen LogP contribution >= 0.6 is 22.9 Å². The third-order valence-electron chi connectivity index (χ3n) is 10.2. The molecule has 0 radical (unpaired) electrons. The van der Waals surface area contributed by atoms with Crippen molar-refractivity contribution in [2.45, 2.75) is 150 Å². The van der Waals surface area contributed by atoms with Gasteiger partial charge in [-0.2, -0.15) is 15.1 Å². The Balaban J connectivity index is 1.33. The standard InChI is InChI=1S/C44H57ClN8O8S/c1-25(26-16-14-20-47-31(26)52(36(54)58-40(2,3)4)37(55)59-41(5,6)7)51-21-15-17-27-32(48-35(45)49-33(27)51)50-23-44(24-50)19-18-29-30(44)28(22-46)34(62-29)53(38(56)60-42(8,9)10)39(57)61-43(11,12)13/h14,16,20,25H,15,17-19,21,23-24H2,1-13H3. The number of fused-ring (bicyclic) bond motifs is 3. The molecule has 1 aliphatic carbocycles. The first-order valence-corrected chi connectivity index (χ1v) is 21.9. The van der Waals surface area contributed by atoms with Crippen molar-refractivity contribution in [1.29, 1.82) is 5.26 Å². The Labute approximate surface area is 372 Å². The fourth-order valence-corrected chi connectivity index (χ4v) is 9.47. The van der Waals surface area contributed by atoms with Gasteiger partial charge in [-0.05, 0) is 139 Å². The number of anilines is 4. The molecule has 0 bridgehead atoms. The van der Waals surface area contributed by atoms with E-state index in [-0.39, 0.29) is 21.7 Å². The number of pyridine rings is 1. The van der Waals surface area contributed by atoms with Gasteiger partial charge in [0.05, 0.1) is 11.6 Å². The van der Waals surface area contributed by atoms with Crippen LogP contribution in [-0.4, -0.2) is 81.4 Å². The van der Waals surface area contributed by atoms with Crippen LogP contribution in [0.2, 0.25) is 5.28 Å². The molecule has 3 aromatic heterocycles. The maximum absolute atomic E-state index is 13.7. The highest BCUT2D eigenvalue weighted by Crippen LogP contribution is 2.55. The van der Waals surface area contributed by atoms with Crippen LogP contribution in [0.15, 0.2) is 18.3 Å². The SMILES string of the molecule is CC(c1cccnc1N(C(=O)OC(C)(C)C)C(=O)OC(C)(C)C)N1CCCc2c(N3CC4(CCc5sc(N(C(=O)OC(C)(C)C)C(=O)OC(C)(C)C)c(C#N)c54)C3)nc(Cl)nc21. The van der Waals surface area contributed by atoms with Crippen molar-refractivity contribution in [1.82, 2.24) is 15.0 Å². The number of imide groups is 2. The first-order chi connectivity index (χ1) is 28.6. The molecular formula is C44H57ClN8O8S. The maximum atomic E-state index is 13.7. The lowest BCUT2D eigenvalue weighted by Crippen LogP contribution is -2.59. The number of hydrogen-bond acceptors (Lipinski definition) is 15. The molecule has 2 aliphatic heterocycles. The highest BCUT2D eigenvalue weighted by atomic mass is 35.5. The minimum absolute atomic E-state index is 0.0438. The van der Waals surface area contributed by atoms with Gasteiger partial charge in [-0.1, -0.05) is 6.07 Å². The second-order valence-corrected chi connectivity index (χ2v) is 21.4. The van der Waals surface area contributed by atoms with Crippen molar-refractivity contribution in [3.63, 3.8) is 0 Å². The van der Waals surface area contributed by atoms with E-state index in [2.05, 4.69) is 20.9 Å². The van der Waals surface area contributed by atoms with Gasteiger partial charge in [-0.15, -0.1) is 11.3 Å². The minimum atomic E-state index is -0.924. The molecule has 6 rings (SSSR count). The summed E-state index contributed by atoms with van der Waals surface area (Å²) >= 11 is 7.97. The summed E-state index contributed by atoms with van der Waals surface area (Å²) in [7, 11) is 0. The van der Waals surface area contributed by atoms with Crippen LogP contribution in [0.25, 0.3) is 0 Å². The molecule has 62 heavy (non-hydrogen) atoms. The number of thiophene rings is 1. The summed E-state index contributed by atoms with van der Waals surface area (Å²) in [6.45, 7) is 24.0. The van der Waals surface area contributed by atoms with Gasteiger partial charge in [0.2, 0.25) is 5.28 Å². The van der Waals surface area contributed by atoms with Gasteiger partial charge < -0.3 is 28.7 Å². The molecule has 0 aromatic carbocycles. The topological polar surface area (TPSA) is 181 Å². The first-order valence-electron chi connectivity index (χ1n) is 20.7. The van der Waals surface area contributed by atoms with E-state index in [4.69, 9.17) is 40.5 Å². The number of rotatable bonds is 5. The zero-order valence-electron chi connectivity index (χ0n) is 37.9. The fraction of sp³-hybridized carbons (Fsp3) is 0.591. The number of aromatic nitrogens is 3. The molecule has 0 saturated carbocycles. The molecule has 3 aromatic rings. The van der Waals surface area contributed by atoms with Crippen LogP contribution in [0.3, 0.4) is 0 Å². The van der Waals surface area contributed by atoms with Crippen LogP contribution < -0.4 is 19.6 Å². The number of aryl methyl sites for hydroxylation is 1. The second kappa shape index (κ2) is 16.5. The summed E-state index contributed by atoms with van der Waals surface area (Å²) in [5, 5.41) is 10.9. The summed E-state index contributed by atoms with van der Waals surface area (Å²) < 4.78 is 22.6. The molecule has 1 saturated heterocycles. The molecule has 3 aliphatic rings. The van der Waals surface area contributed by atoms with E-state index >= 15 is 0 Å². The van der Waals surface area contributed by atoms with Crippen molar-refractivity contribution < 1.29 is 38.1 Å². The molecule has 1 spiro atoms. The van der Waals surface area contributed by atoms with Gasteiger partial charge in [0.25, 0.3) is 0 Å². The van der Waals surface area contributed by atoms with E-state index in [1.54, 1.807) is 95.2 Å². The van der Waals surface area contributed by atoms with Gasteiger partial charge in [-0.3, -0.25) is 0 Å². The van der Waals surface area contributed by atoms with E-state index in [1.165, 1.54) is 17.5 Å². The van der Waals surface area contributed by atoms with Gasteiger partial charge in [-0.25, -0.2) is 34.1 Å². The minimum Gasteiger partial charge on any atom is -0.443 e. The molecule has 0 N–H and O–H groups in total. The van der Waals surface area contributed by atoms with Crippen molar-refractivity contribution in [2.75, 3.05) is 39.2 Å². The predicted octanol–water partition coefficient (Wildman–Crippen LogP) is 10.0. The van der Waals surface area contributed by atoms with Crippen LogP contribution in [0, 0.1) is 11.3 Å². The van der Waals surface area contributed by atoms with Crippen LogP contribution in [0.5, 0.6) is 0 Å². The Hall–Kier alpha value is -5.21. The number of halogens is 1. The fourth-order valence-electron chi connectivity index (χ4n) is 7.97. The highest BCUT2D eigenvalue weighted by Gasteiger charge is 2.54. The zero-order chi connectivity index (χ0) is 45.9. The molecule has 1 unspecified atom stereocenters. The molecule has 1 fully saturated rings. The maximum Gasteiger partial charge on any atom is 0.425 e. The van der Waals surface area contributed by atoms with Crippen LogP contribution in [0.4, 0.5) is 41.6 Å². The Morgan fingerprint density at radius 2 is 1.34 bits per heavy atom. The van der Waals surface area contributed by atoms with Crippen molar-refractivity contribution in [3.05, 3.63) is 50.7 Å². The molecule has 5 heterocycles. The quantitative estimate of drug-likeness (QED) is 0.174. The van der Waals surface area contributed by atoms with Crippen molar-refractivity contribution in [2.24, 2.45) is 0 Å². The molecule has 16 nitrogen and oxygen atoms in total. The largest absolute Gasteiger partial charge is 0.443 e. The van der Waals surface area contributed by atoms with Crippen LogP contribution in [-0.2, 0) is 37.2 Å². The number of carbonyl (C=O) groups is 4. The number of amides is 4. The summed E-state index contributed by atoms with van der Waals surface area (Å²) in [4.78, 5) is 75.5. The average molecular weight is 894 g/mol. The van der Waals surface area contributed by atoms with E-state index in [0.29, 0.717) is 49.7 Å². The lowest BCUT2D eigenvalue weighted by molar-refractivity contribution is 0.0408. The number of hydrogen-bond donors (Lipinski definition) is 0. The van der Waals surface area contributed by atoms with E-state index in [1.807, 2.05) is 6.92 Å². The number of ether oxygens (including phenoxy) is 4. The smallest absolute Gasteiger partial charge is 0.425 e. The molecular weight excluding hydrogens is 836 g/mol. The van der Waals surface area contributed by atoms with Gasteiger partial charge in [0.1, 0.15) is 45.1 Å². The third kappa shape index (κ3) is 9.71. The molecule has 334 valence electrons. The normalized spacial score (nSPS) is 16.3. The van der Waals surface area contributed by atoms with Crippen molar-refractivity contribution in [3.8, 4) is 6.07 Å². The van der Waals surface area contributed by atoms with E-state index in [9.17, 15) is 24.4 Å². The Morgan fingerprint density at radius 1 is 0.823 bits per heavy atom. The first kappa shape index (κ1) is 46.3. The average Bonchev–Trinajstić information content (AvgIpc) is 3.64. The van der Waals surface area contributed by atoms with Gasteiger partial charge >= 0.3 is 24.4 Å². The summed E-state index contributed by atoms with van der Waals surface area (Å²) in [6.07, 6.45) is 0.635. The van der Waals surface area contributed by atoms with Gasteiger partial charge in [0.15, 0.2) is 5.82 Å². The monoisotopic (exact) mass is 892 g/mol. The van der Waals surface area contributed by atoms with Crippen LogP contribution in [0.1, 0.15) is 136 Å². The molecule has 4 amide bonds. The predicted molar refractivity (Wildman–Crippen MR) is 237 cm³/mol. The third-order valence-corrected chi connectivity index (χ3v) is 11.6. The van der Waals surface area contributed by atoms with E-state index < -0.39 is 58.2 Å². The Bertz CT molecular complexity index is 2250. The lowest BCUT2D eigenvalue weighted by Gasteiger charge is -2.50. The summed E-state index contributed by atoms with van der Waals surface area (Å²) in [5.74, 6) is 1.35. The summed E-state index contributed by atoms with van der Waals surface area (Å²) in [5.41, 5.74) is -1.59. The zero-order valence-corrected chi connectivity index (χ0v) is 39.5.